The number of hydrogen-bond acceptors (Lipinski definition) is 5. The van der Waals surface area contributed by atoms with Crippen LogP contribution in [-0.4, -0.2) is 41.2 Å². The van der Waals surface area contributed by atoms with Crippen molar-refractivity contribution in [3.63, 3.8) is 0 Å². The summed E-state index contributed by atoms with van der Waals surface area (Å²) in [5.74, 6) is -0.691. The first-order valence-electron chi connectivity index (χ1n) is 10.1. The van der Waals surface area contributed by atoms with Crippen LogP contribution in [0.25, 0.3) is 6.08 Å². The maximum absolute atomic E-state index is 12.8. The number of carbonyl (C=O) groups is 1. The molecule has 0 radical (unpaired) electrons. The number of hydrogen-bond donors (Lipinski definition) is 0. The summed E-state index contributed by atoms with van der Waals surface area (Å²) < 4.78 is 35.5. The fourth-order valence-corrected chi connectivity index (χ4v) is 5.44. The van der Waals surface area contributed by atoms with Crippen molar-refractivity contribution in [3.05, 3.63) is 41.7 Å². The smallest absolute Gasteiger partial charge is 0.463 e. The van der Waals surface area contributed by atoms with Crippen LogP contribution in [0.3, 0.4) is 0 Å². The molecule has 0 unspecified atom stereocenters. The van der Waals surface area contributed by atoms with Gasteiger partial charge in [-0.25, -0.2) is 9.18 Å². The number of benzene rings is 1. The van der Waals surface area contributed by atoms with Gasteiger partial charge in [0.05, 0.1) is 6.61 Å². The zero-order valence-corrected chi connectivity index (χ0v) is 18.2. The third kappa shape index (κ3) is 10.1. The molecule has 28 heavy (non-hydrogen) atoms. The largest absolute Gasteiger partial charge is 0.500 e. The van der Waals surface area contributed by atoms with Crippen LogP contribution in [0.1, 0.15) is 52.0 Å². The van der Waals surface area contributed by atoms with Crippen molar-refractivity contribution in [1.29, 1.82) is 0 Å². The Labute approximate surface area is 169 Å². The molecule has 7 heteroatoms. The zero-order chi connectivity index (χ0) is 20.7. The standard InChI is InChI=1S/C21H33FO5Si/c1-4-25-28(26-5-2,27-6-3)18-10-8-7-9-17-24-21(23)16-13-19-11-14-20(22)15-12-19/h11-16H,4-10,17-18H2,1-3H3/b16-13+. The highest BCUT2D eigenvalue weighted by molar-refractivity contribution is 6.60. The van der Waals surface area contributed by atoms with Crippen molar-refractivity contribution in [1.82, 2.24) is 0 Å². The highest BCUT2D eigenvalue weighted by atomic mass is 28.4. The molecule has 1 rings (SSSR count). The predicted molar refractivity (Wildman–Crippen MR) is 110 cm³/mol. The van der Waals surface area contributed by atoms with Gasteiger partial charge < -0.3 is 18.0 Å². The van der Waals surface area contributed by atoms with E-state index in [4.69, 9.17) is 18.0 Å². The van der Waals surface area contributed by atoms with Crippen molar-refractivity contribution in [3.8, 4) is 0 Å². The van der Waals surface area contributed by atoms with Gasteiger partial charge in [-0.3, -0.25) is 0 Å². The lowest BCUT2D eigenvalue weighted by Gasteiger charge is -2.28. The minimum absolute atomic E-state index is 0.302. The Morgan fingerprint density at radius 2 is 1.50 bits per heavy atom. The molecule has 0 aliphatic rings. The number of esters is 1. The molecule has 0 atom stereocenters. The quantitative estimate of drug-likeness (QED) is 0.176. The van der Waals surface area contributed by atoms with Crippen LogP contribution in [-0.2, 0) is 22.8 Å². The van der Waals surface area contributed by atoms with E-state index in [0.29, 0.717) is 26.4 Å². The summed E-state index contributed by atoms with van der Waals surface area (Å²) in [6, 6.07) is 6.73. The third-order valence-corrected chi connectivity index (χ3v) is 7.15. The molecule has 158 valence electrons. The number of ether oxygens (including phenoxy) is 1. The van der Waals surface area contributed by atoms with Gasteiger partial charge in [0.25, 0.3) is 0 Å². The van der Waals surface area contributed by atoms with Crippen LogP contribution in [0.4, 0.5) is 4.39 Å². The summed E-state index contributed by atoms with van der Waals surface area (Å²) in [6.07, 6.45) is 6.71. The molecule has 0 bridgehead atoms. The Hall–Kier alpha value is -1.54. The van der Waals surface area contributed by atoms with Gasteiger partial charge in [0, 0.05) is 31.9 Å². The van der Waals surface area contributed by atoms with Gasteiger partial charge in [0.2, 0.25) is 0 Å². The molecule has 0 spiro atoms. The number of halogens is 1. The Kier molecular flexibility index (Phi) is 12.6. The SMILES string of the molecule is CCO[Si](CCCCCCOC(=O)/C=C/c1ccc(F)cc1)(OCC)OCC. The van der Waals surface area contributed by atoms with E-state index >= 15 is 0 Å². The highest BCUT2D eigenvalue weighted by Crippen LogP contribution is 2.20. The molecule has 1 aromatic rings. The molecule has 0 aliphatic heterocycles. The summed E-state index contributed by atoms with van der Waals surface area (Å²) in [7, 11) is -2.55. The first-order chi connectivity index (χ1) is 13.5. The normalized spacial score (nSPS) is 11.9. The minimum Gasteiger partial charge on any atom is -0.463 e. The molecule has 0 saturated carbocycles. The number of unbranched alkanes of at least 4 members (excludes halogenated alkanes) is 3. The second-order valence-corrected chi connectivity index (χ2v) is 8.93. The monoisotopic (exact) mass is 412 g/mol. The summed E-state index contributed by atoms with van der Waals surface area (Å²) in [5.41, 5.74) is 0.754. The fourth-order valence-electron chi connectivity index (χ4n) is 2.76. The molecule has 0 saturated heterocycles. The average Bonchev–Trinajstić information content (AvgIpc) is 2.67. The van der Waals surface area contributed by atoms with E-state index < -0.39 is 8.80 Å². The van der Waals surface area contributed by atoms with E-state index in [1.165, 1.54) is 18.2 Å². The van der Waals surface area contributed by atoms with Crippen LogP contribution in [0.2, 0.25) is 6.04 Å². The average molecular weight is 413 g/mol. The van der Waals surface area contributed by atoms with E-state index in [2.05, 4.69) is 0 Å². The van der Waals surface area contributed by atoms with Crippen molar-refractivity contribution in [2.24, 2.45) is 0 Å². The zero-order valence-electron chi connectivity index (χ0n) is 17.2. The van der Waals surface area contributed by atoms with Crippen LogP contribution < -0.4 is 0 Å². The second-order valence-electron chi connectivity index (χ2n) is 6.20. The van der Waals surface area contributed by atoms with Crippen molar-refractivity contribution >= 4 is 20.8 Å². The van der Waals surface area contributed by atoms with Gasteiger partial charge in [-0.2, -0.15) is 0 Å². The second kappa shape index (κ2) is 14.5. The van der Waals surface area contributed by atoms with E-state index in [1.54, 1.807) is 18.2 Å². The number of rotatable bonds is 15. The molecule has 0 fully saturated rings. The molecular formula is C21H33FO5Si. The summed E-state index contributed by atoms with van der Waals surface area (Å²) in [6.45, 7) is 8.03. The van der Waals surface area contributed by atoms with Gasteiger partial charge in [-0.05, 0) is 57.4 Å². The summed E-state index contributed by atoms with van der Waals surface area (Å²) in [5, 5.41) is 0. The first-order valence-corrected chi connectivity index (χ1v) is 12.0. The Morgan fingerprint density at radius 1 is 0.929 bits per heavy atom. The molecule has 0 amide bonds. The molecule has 0 heterocycles. The number of carbonyl (C=O) groups excluding carboxylic acids is 1. The Bertz CT molecular complexity index is 560. The molecular weight excluding hydrogens is 379 g/mol. The van der Waals surface area contributed by atoms with Crippen LogP contribution >= 0.6 is 0 Å². The van der Waals surface area contributed by atoms with Gasteiger partial charge in [0.1, 0.15) is 5.82 Å². The lowest BCUT2D eigenvalue weighted by molar-refractivity contribution is -0.137. The van der Waals surface area contributed by atoms with E-state index in [-0.39, 0.29) is 11.8 Å². The highest BCUT2D eigenvalue weighted by Gasteiger charge is 2.39. The lowest BCUT2D eigenvalue weighted by Crippen LogP contribution is -2.45. The van der Waals surface area contributed by atoms with E-state index in [1.807, 2.05) is 20.8 Å². The predicted octanol–water partition coefficient (Wildman–Crippen LogP) is 4.99. The summed E-state index contributed by atoms with van der Waals surface area (Å²) >= 11 is 0. The van der Waals surface area contributed by atoms with E-state index in [0.717, 1.165) is 37.3 Å². The topological polar surface area (TPSA) is 54.0 Å². The molecule has 0 aromatic heterocycles. The van der Waals surface area contributed by atoms with Crippen molar-refractivity contribution in [2.75, 3.05) is 26.4 Å². The van der Waals surface area contributed by atoms with Crippen LogP contribution in [0.5, 0.6) is 0 Å². The Morgan fingerprint density at radius 3 is 2.07 bits per heavy atom. The van der Waals surface area contributed by atoms with E-state index in [9.17, 15) is 9.18 Å². The van der Waals surface area contributed by atoms with Crippen LogP contribution in [0.15, 0.2) is 30.3 Å². The van der Waals surface area contributed by atoms with Gasteiger partial charge in [0.15, 0.2) is 0 Å². The minimum atomic E-state index is -2.55. The maximum Gasteiger partial charge on any atom is 0.500 e. The van der Waals surface area contributed by atoms with Gasteiger partial charge in [-0.15, -0.1) is 0 Å². The van der Waals surface area contributed by atoms with Crippen LogP contribution in [0, 0.1) is 5.82 Å². The Balaban J connectivity index is 2.20. The van der Waals surface area contributed by atoms with Gasteiger partial charge in [-0.1, -0.05) is 25.0 Å². The third-order valence-electron chi connectivity index (χ3n) is 4.00. The first kappa shape index (κ1) is 24.5. The molecule has 5 nitrogen and oxygen atoms in total. The molecule has 0 N–H and O–H groups in total. The van der Waals surface area contributed by atoms with Gasteiger partial charge >= 0.3 is 14.8 Å². The molecule has 0 aliphatic carbocycles. The van der Waals surface area contributed by atoms with Crippen molar-refractivity contribution < 1.29 is 27.2 Å². The summed E-state index contributed by atoms with van der Waals surface area (Å²) in [4.78, 5) is 11.7. The molecule has 1 aromatic carbocycles. The lowest BCUT2D eigenvalue weighted by atomic mass is 10.2. The van der Waals surface area contributed by atoms with Crippen molar-refractivity contribution in [2.45, 2.75) is 52.5 Å². The maximum atomic E-state index is 12.8. The fraction of sp³-hybridized carbons (Fsp3) is 0.571.